The highest BCUT2D eigenvalue weighted by Gasteiger charge is 2.18. The van der Waals surface area contributed by atoms with Crippen LogP contribution >= 0.6 is 11.6 Å². The van der Waals surface area contributed by atoms with E-state index in [0.717, 1.165) is 38.3 Å². The van der Waals surface area contributed by atoms with Crippen LogP contribution in [0.5, 0.6) is 5.75 Å². The quantitative estimate of drug-likeness (QED) is 0.753. The van der Waals surface area contributed by atoms with Crippen LogP contribution in [0.25, 0.3) is 0 Å². The maximum Gasteiger partial charge on any atom is 0.167 e. The van der Waals surface area contributed by atoms with Gasteiger partial charge in [-0.15, -0.1) is 0 Å². The van der Waals surface area contributed by atoms with Crippen molar-refractivity contribution in [2.24, 2.45) is 0 Å². The number of likely N-dealkylation sites (N-methyl/N-ethyl adjacent to an activating group) is 1. The van der Waals surface area contributed by atoms with Crippen molar-refractivity contribution in [1.29, 1.82) is 0 Å². The number of piperazine rings is 1. The number of carbonyl (C=O) groups is 1. The van der Waals surface area contributed by atoms with Crippen molar-refractivity contribution < 1.29 is 9.53 Å². The Morgan fingerprint density at radius 1 is 1.27 bits per heavy atom. The van der Waals surface area contributed by atoms with E-state index in [1.165, 1.54) is 0 Å². The first kappa shape index (κ1) is 17.3. The lowest BCUT2D eigenvalue weighted by atomic mass is 10.0. The lowest BCUT2D eigenvalue weighted by molar-refractivity contribution is 0.0938. The van der Waals surface area contributed by atoms with Gasteiger partial charge in [0.1, 0.15) is 5.75 Å². The Morgan fingerprint density at radius 3 is 2.59 bits per heavy atom. The molecular formula is C17H25ClN2O2. The third-order valence-electron chi connectivity index (χ3n) is 4.11. The molecule has 1 aromatic rings. The number of ketones is 1. The van der Waals surface area contributed by atoms with Crippen LogP contribution in [-0.4, -0.2) is 62.0 Å². The molecule has 0 saturated carbocycles. The van der Waals surface area contributed by atoms with E-state index >= 15 is 0 Å². The lowest BCUT2D eigenvalue weighted by Gasteiger charge is -2.32. The van der Waals surface area contributed by atoms with Gasteiger partial charge >= 0.3 is 0 Å². The summed E-state index contributed by atoms with van der Waals surface area (Å²) in [6.45, 7) is 9.35. The summed E-state index contributed by atoms with van der Waals surface area (Å²) in [6, 6.07) is 3.60. The van der Waals surface area contributed by atoms with Crippen LogP contribution in [-0.2, 0) is 0 Å². The van der Waals surface area contributed by atoms with Crippen LogP contribution in [0.15, 0.2) is 12.1 Å². The van der Waals surface area contributed by atoms with Gasteiger partial charge in [0.2, 0.25) is 0 Å². The molecule has 5 heteroatoms. The van der Waals surface area contributed by atoms with Crippen LogP contribution in [0.2, 0.25) is 5.02 Å². The SMILES string of the molecule is CCOc1cc(C)c(Cl)cc1C(=O)CCN1CCN(C)CC1. The summed E-state index contributed by atoms with van der Waals surface area (Å²) < 4.78 is 5.60. The molecule has 0 aromatic heterocycles. The fourth-order valence-electron chi connectivity index (χ4n) is 2.61. The molecule has 0 bridgehead atoms. The number of carbonyl (C=O) groups excluding carboxylic acids is 1. The van der Waals surface area contributed by atoms with Gasteiger partial charge in [0.05, 0.1) is 12.2 Å². The number of hydrogen-bond donors (Lipinski definition) is 0. The summed E-state index contributed by atoms with van der Waals surface area (Å²) in [5.41, 5.74) is 1.53. The molecular weight excluding hydrogens is 300 g/mol. The number of rotatable bonds is 6. The van der Waals surface area contributed by atoms with Crippen molar-refractivity contribution >= 4 is 17.4 Å². The number of hydrogen-bond acceptors (Lipinski definition) is 4. The molecule has 1 aliphatic rings. The van der Waals surface area contributed by atoms with Crippen LogP contribution in [0.4, 0.5) is 0 Å². The third kappa shape index (κ3) is 4.45. The van der Waals surface area contributed by atoms with Gasteiger partial charge in [0, 0.05) is 44.2 Å². The van der Waals surface area contributed by atoms with Crippen molar-refractivity contribution in [2.75, 3.05) is 46.4 Å². The fraction of sp³-hybridized carbons (Fsp3) is 0.588. The lowest BCUT2D eigenvalue weighted by Crippen LogP contribution is -2.45. The molecule has 0 spiro atoms. The summed E-state index contributed by atoms with van der Waals surface area (Å²) >= 11 is 6.17. The van der Waals surface area contributed by atoms with Crippen molar-refractivity contribution in [3.05, 3.63) is 28.3 Å². The molecule has 22 heavy (non-hydrogen) atoms. The zero-order valence-corrected chi connectivity index (χ0v) is 14.4. The second-order valence-electron chi connectivity index (χ2n) is 5.85. The average molecular weight is 325 g/mol. The number of benzene rings is 1. The van der Waals surface area contributed by atoms with Gasteiger partial charge in [0.15, 0.2) is 5.78 Å². The monoisotopic (exact) mass is 324 g/mol. The Labute approximate surface area is 138 Å². The van der Waals surface area contributed by atoms with E-state index in [-0.39, 0.29) is 5.78 Å². The van der Waals surface area contributed by atoms with Crippen molar-refractivity contribution in [3.8, 4) is 5.75 Å². The largest absolute Gasteiger partial charge is 0.493 e. The smallest absolute Gasteiger partial charge is 0.167 e. The standard InChI is InChI=1S/C17H25ClN2O2/c1-4-22-17-11-13(2)15(18)12-14(17)16(21)5-6-20-9-7-19(3)8-10-20/h11-12H,4-10H2,1-3H3. The molecule has 0 aliphatic carbocycles. The highest BCUT2D eigenvalue weighted by molar-refractivity contribution is 6.31. The zero-order valence-electron chi connectivity index (χ0n) is 13.7. The predicted molar refractivity (Wildman–Crippen MR) is 90.2 cm³/mol. The Balaban J connectivity index is 2.01. The minimum atomic E-state index is 0.101. The highest BCUT2D eigenvalue weighted by atomic mass is 35.5. The first-order chi connectivity index (χ1) is 10.5. The van der Waals surface area contributed by atoms with E-state index in [9.17, 15) is 4.79 Å². The van der Waals surface area contributed by atoms with Gasteiger partial charge in [-0.1, -0.05) is 11.6 Å². The van der Waals surface area contributed by atoms with Crippen LogP contribution in [0, 0.1) is 6.92 Å². The number of ether oxygens (including phenoxy) is 1. The molecule has 0 radical (unpaired) electrons. The van der Waals surface area contributed by atoms with Gasteiger partial charge < -0.3 is 14.5 Å². The maximum absolute atomic E-state index is 12.5. The van der Waals surface area contributed by atoms with Gasteiger partial charge in [-0.2, -0.15) is 0 Å². The van der Waals surface area contributed by atoms with E-state index < -0.39 is 0 Å². The molecule has 1 aromatic carbocycles. The third-order valence-corrected chi connectivity index (χ3v) is 4.52. The van der Waals surface area contributed by atoms with Crippen LogP contribution in [0.3, 0.4) is 0 Å². The Hall–Kier alpha value is -1.10. The molecule has 2 rings (SSSR count). The summed E-state index contributed by atoms with van der Waals surface area (Å²) in [7, 11) is 2.13. The van der Waals surface area contributed by atoms with E-state index in [1.807, 2.05) is 19.9 Å². The molecule has 1 heterocycles. The second kappa shape index (κ2) is 7.95. The van der Waals surface area contributed by atoms with E-state index in [1.54, 1.807) is 6.07 Å². The second-order valence-corrected chi connectivity index (χ2v) is 6.26. The first-order valence-electron chi connectivity index (χ1n) is 7.88. The zero-order chi connectivity index (χ0) is 16.1. The molecule has 4 nitrogen and oxygen atoms in total. The molecule has 0 amide bonds. The maximum atomic E-state index is 12.5. The van der Waals surface area contributed by atoms with Crippen LogP contribution < -0.4 is 4.74 Å². The fourth-order valence-corrected chi connectivity index (χ4v) is 2.78. The van der Waals surface area contributed by atoms with E-state index in [0.29, 0.717) is 29.4 Å². The molecule has 1 saturated heterocycles. The van der Waals surface area contributed by atoms with Crippen molar-refractivity contribution in [1.82, 2.24) is 9.80 Å². The van der Waals surface area contributed by atoms with E-state index in [2.05, 4.69) is 16.8 Å². The summed E-state index contributed by atoms with van der Waals surface area (Å²) in [4.78, 5) is 17.2. The topological polar surface area (TPSA) is 32.8 Å². The minimum absolute atomic E-state index is 0.101. The minimum Gasteiger partial charge on any atom is -0.493 e. The van der Waals surface area contributed by atoms with Gasteiger partial charge in [-0.05, 0) is 38.6 Å². The molecule has 1 fully saturated rings. The summed E-state index contributed by atoms with van der Waals surface area (Å²) in [5.74, 6) is 0.747. The van der Waals surface area contributed by atoms with Gasteiger partial charge in [-0.3, -0.25) is 4.79 Å². The van der Waals surface area contributed by atoms with Crippen molar-refractivity contribution in [2.45, 2.75) is 20.3 Å². The molecule has 0 atom stereocenters. The predicted octanol–water partition coefficient (Wildman–Crippen LogP) is 2.87. The molecule has 0 unspecified atom stereocenters. The normalized spacial score (nSPS) is 16.7. The molecule has 122 valence electrons. The molecule has 0 N–H and O–H groups in total. The number of nitrogens with zero attached hydrogens (tertiary/aromatic N) is 2. The number of aryl methyl sites for hydroxylation is 1. The van der Waals surface area contributed by atoms with Gasteiger partial charge in [-0.25, -0.2) is 0 Å². The first-order valence-corrected chi connectivity index (χ1v) is 8.26. The average Bonchev–Trinajstić information content (AvgIpc) is 2.50. The number of Topliss-reactive ketones (excluding diaryl/α,β-unsaturated/α-hetero) is 1. The Bertz CT molecular complexity index is 526. The molecule has 1 aliphatic heterocycles. The van der Waals surface area contributed by atoms with E-state index in [4.69, 9.17) is 16.3 Å². The Morgan fingerprint density at radius 2 is 1.95 bits per heavy atom. The summed E-state index contributed by atoms with van der Waals surface area (Å²) in [5, 5.41) is 0.617. The Kier molecular flexibility index (Phi) is 6.24. The number of halogens is 1. The van der Waals surface area contributed by atoms with Crippen molar-refractivity contribution in [3.63, 3.8) is 0 Å². The summed E-state index contributed by atoms with van der Waals surface area (Å²) in [6.07, 6.45) is 0.503. The van der Waals surface area contributed by atoms with Crippen LogP contribution in [0.1, 0.15) is 29.3 Å². The van der Waals surface area contributed by atoms with Gasteiger partial charge in [0.25, 0.3) is 0 Å². The highest BCUT2D eigenvalue weighted by Crippen LogP contribution is 2.28.